The van der Waals surface area contributed by atoms with Gasteiger partial charge in [-0.15, -0.1) is 0 Å². The highest BCUT2D eigenvalue weighted by Gasteiger charge is 1.91. The molecule has 0 bridgehead atoms. The largest absolute Gasteiger partial charge is 0.350 e. The number of carbonyl (C=O) groups is 2. The molecule has 2 aromatic rings. The molecule has 0 aliphatic heterocycles. The lowest BCUT2D eigenvalue weighted by atomic mass is 10.1. The van der Waals surface area contributed by atoms with Crippen molar-refractivity contribution < 1.29 is 9.59 Å². The van der Waals surface area contributed by atoms with Crippen LogP contribution in [0.5, 0.6) is 0 Å². The van der Waals surface area contributed by atoms with Crippen molar-refractivity contribution in [3.63, 3.8) is 0 Å². The van der Waals surface area contributed by atoms with Crippen LogP contribution in [0.3, 0.4) is 0 Å². The van der Waals surface area contributed by atoms with E-state index in [2.05, 4.69) is 54.3 Å². The summed E-state index contributed by atoms with van der Waals surface area (Å²) in [4.78, 5) is 19.0. The normalized spacial score (nSPS) is 8.63. The van der Waals surface area contributed by atoms with Gasteiger partial charge in [0.05, 0.1) is 0 Å². The van der Waals surface area contributed by atoms with Crippen LogP contribution in [0.25, 0.3) is 11.1 Å². The summed E-state index contributed by atoms with van der Waals surface area (Å²) in [7, 11) is 0. The highest BCUT2D eigenvalue weighted by Crippen LogP contribution is 2.17. The fourth-order valence-electron chi connectivity index (χ4n) is 1.36. The smallest absolute Gasteiger partial charge is 0.330 e. The number of amides is 3. The zero-order chi connectivity index (χ0) is 13.9. The van der Waals surface area contributed by atoms with Gasteiger partial charge in [0.15, 0.2) is 0 Å². The molecule has 0 saturated heterocycles. The number of benzene rings is 2. The van der Waals surface area contributed by atoms with Crippen LogP contribution in [0.15, 0.2) is 60.7 Å². The second-order valence-electron chi connectivity index (χ2n) is 3.48. The lowest BCUT2D eigenvalue weighted by Gasteiger charge is -1.98. The Balaban J connectivity index is 0.000000224. The second-order valence-corrected chi connectivity index (χ2v) is 3.48. The predicted octanol–water partition coefficient (Wildman–Crippen LogP) is 1.67. The summed E-state index contributed by atoms with van der Waals surface area (Å²) >= 11 is 0. The van der Waals surface area contributed by atoms with E-state index in [4.69, 9.17) is 0 Å². The third-order valence-electron chi connectivity index (χ3n) is 2.14. The van der Waals surface area contributed by atoms with Gasteiger partial charge in [-0.1, -0.05) is 60.7 Å². The summed E-state index contributed by atoms with van der Waals surface area (Å²) in [5.41, 5.74) is 10.7. The molecular formula is C14H15N3O2. The zero-order valence-electron chi connectivity index (χ0n) is 10.2. The van der Waals surface area contributed by atoms with Crippen molar-refractivity contribution >= 4 is 12.4 Å². The van der Waals surface area contributed by atoms with Crippen LogP contribution in [0.2, 0.25) is 0 Å². The molecule has 0 atom stereocenters. The Hall–Kier alpha value is -2.82. The Morgan fingerprint density at radius 2 is 1.32 bits per heavy atom. The molecule has 0 radical (unpaired) electrons. The number of hydrogen-bond acceptors (Lipinski definition) is 2. The number of nitrogens with one attached hydrogen (secondary N) is 2. The fourth-order valence-corrected chi connectivity index (χ4v) is 1.36. The van der Waals surface area contributed by atoms with Gasteiger partial charge in [0.1, 0.15) is 0 Å². The topological polar surface area (TPSA) is 84.2 Å². The second kappa shape index (κ2) is 8.30. The van der Waals surface area contributed by atoms with Crippen LogP contribution in [0.4, 0.5) is 4.79 Å². The minimum Gasteiger partial charge on any atom is -0.350 e. The van der Waals surface area contributed by atoms with Crippen LogP contribution in [-0.4, -0.2) is 12.4 Å². The Bertz CT molecular complexity index is 463. The molecule has 0 unspecified atom stereocenters. The molecule has 0 aromatic heterocycles. The van der Waals surface area contributed by atoms with E-state index in [0.717, 1.165) is 0 Å². The minimum atomic E-state index is -0.785. The summed E-state index contributed by atoms with van der Waals surface area (Å²) in [6.07, 6.45) is 0.310. The van der Waals surface area contributed by atoms with Crippen LogP contribution < -0.4 is 16.6 Å². The molecule has 0 saturated carbocycles. The maximum absolute atomic E-state index is 9.65. The van der Waals surface area contributed by atoms with Gasteiger partial charge in [0.25, 0.3) is 0 Å². The molecule has 2 aromatic carbocycles. The lowest BCUT2D eigenvalue weighted by molar-refractivity contribution is -0.110. The molecule has 3 amide bonds. The van der Waals surface area contributed by atoms with Crippen molar-refractivity contribution in [3.05, 3.63) is 60.7 Å². The number of hydrazine groups is 1. The van der Waals surface area contributed by atoms with Crippen molar-refractivity contribution in [2.75, 3.05) is 0 Å². The highest BCUT2D eigenvalue weighted by molar-refractivity contribution is 5.72. The van der Waals surface area contributed by atoms with Gasteiger partial charge >= 0.3 is 6.03 Å². The first kappa shape index (κ1) is 14.2. The number of hydrogen-bond donors (Lipinski definition) is 3. The fraction of sp³-hybridized carbons (Fsp3) is 0. The molecule has 0 heterocycles. The van der Waals surface area contributed by atoms with Crippen molar-refractivity contribution in [3.8, 4) is 11.1 Å². The first-order valence-corrected chi connectivity index (χ1v) is 5.59. The quantitative estimate of drug-likeness (QED) is 0.577. The average molecular weight is 257 g/mol. The van der Waals surface area contributed by atoms with Gasteiger partial charge in [-0.3, -0.25) is 10.2 Å². The van der Waals surface area contributed by atoms with E-state index in [-0.39, 0.29) is 0 Å². The van der Waals surface area contributed by atoms with Crippen LogP contribution in [0.1, 0.15) is 0 Å². The first-order chi connectivity index (χ1) is 9.24. The van der Waals surface area contributed by atoms with Gasteiger partial charge in [0.2, 0.25) is 6.41 Å². The summed E-state index contributed by atoms with van der Waals surface area (Å²) < 4.78 is 0. The molecule has 98 valence electrons. The van der Waals surface area contributed by atoms with Crippen molar-refractivity contribution in [2.24, 2.45) is 5.73 Å². The van der Waals surface area contributed by atoms with E-state index in [1.807, 2.05) is 23.0 Å². The molecule has 0 aliphatic rings. The van der Waals surface area contributed by atoms with Gasteiger partial charge in [-0.05, 0) is 11.1 Å². The molecule has 2 rings (SSSR count). The van der Waals surface area contributed by atoms with Crippen molar-refractivity contribution in [2.45, 2.75) is 0 Å². The highest BCUT2D eigenvalue weighted by atomic mass is 16.2. The lowest BCUT2D eigenvalue weighted by Crippen LogP contribution is -2.39. The van der Waals surface area contributed by atoms with Crippen LogP contribution in [-0.2, 0) is 4.79 Å². The Morgan fingerprint density at radius 1 is 0.895 bits per heavy atom. The van der Waals surface area contributed by atoms with E-state index in [9.17, 15) is 9.59 Å². The van der Waals surface area contributed by atoms with Gasteiger partial charge in [-0.25, -0.2) is 10.2 Å². The van der Waals surface area contributed by atoms with Gasteiger partial charge < -0.3 is 5.73 Å². The van der Waals surface area contributed by atoms with Gasteiger partial charge in [-0.2, -0.15) is 0 Å². The van der Waals surface area contributed by atoms with E-state index in [1.165, 1.54) is 11.1 Å². The van der Waals surface area contributed by atoms with Crippen molar-refractivity contribution in [1.82, 2.24) is 10.9 Å². The maximum Gasteiger partial charge on any atom is 0.330 e. The van der Waals surface area contributed by atoms with E-state index in [0.29, 0.717) is 6.41 Å². The zero-order valence-corrected chi connectivity index (χ0v) is 10.2. The molecule has 4 N–H and O–H groups in total. The summed E-state index contributed by atoms with van der Waals surface area (Å²) in [6.45, 7) is 0. The molecule has 19 heavy (non-hydrogen) atoms. The standard InChI is InChI=1S/C12H10.C2H5N3O2/c1-3-7-11(8-4-1)12-9-5-2-6-10-12;3-2(7)5-4-1-6/h1-10H;1H,(H,4,6)(H3,3,5,7). The Labute approximate surface area is 111 Å². The molecule has 0 spiro atoms. The number of carbonyl (C=O) groups excluding carboxylic acids is 2. The third kappa shape index (κ3) is 5.88. The maximum atomic E-state index is 9.65. The monoisotopic (exact) mass is 257 g/mol. The van der Waals surface area contributed by atoms with E-state index < -0.39 is 6.03 Å². The number of nitrogens with two attached hydrogens (primary N) is 1. The molecule has 5 heteroatoms. The van der Waals surface area contributed by atoms with E-state index in [1.54, 1.807) is 0 Å². The van der Waals surface area contributed by atoms with Crippen LogP contribution >= 0.6 is 0 Å². The molecule has 5 nitrogen and oxygen atoms in total. The average Bonchev–Trinajstić information content (AvgIpc) is 2.47. The summed E-state index contributed by atoms with van der Waals surface area (Å²) in [5, 5.41) is 0. The summed E-state index contributed by atoms with van der Waals surface area (Å²) in [6, 6.07) is 20.0. The number of primary amides is 1. The summed E-state index contributed by atoms with van der Waals surface area (Å²) in [5.74, 6) is 0. The third-order valence-corrected chi connectivity index (χ3v) is 2.14. The Morgan fingerprint density at radius 3 is 1.58 bits per heavy atom. The molecule has 0 fully saturated rings. The van der Waals surface area contributed by atoms with Crippen molar-refractivity contribution in [1.29, 1.82) is 0 Å². The molecule has 0 aliphatic carbocycles. The SMILES string of the molecule is NC(=O)NNC=O.c1ccc(-c2ccccc2)cc1. The predicted molar refractivity (Wildman–Crippen MR) is 73.8 cm³/mol. The number of rotatable bonds is 3. The minimum absolute atomic E-state index is 0.310. The number of urea groups is 1. The Kier molecular flexibility index (Phi) is 6.22. The molecular weight excluding hydrogens is 242 g/mol. The van der Waals surface area contributed by atoms with Gasteiger partial charge in [0, 0.05) is 0 Å². The first-order valence-electron chi connectivity index (χ1n) is 5.59. The van der Waals surface area contributed by atoms with E-state index >= 15 is 0 Å². The van der Waals surface area contributed by atoms with Crippen LogP contribution in [0, 0.1) is 0 Å².